The van der Waals surface area contributed by atoms with Crippen LogP contribution in [0.1, 0.15) is 55.1 Å². The lowest BCUT2D eigenvalue weighted by Crippen LogP contribution is -2.49. The molecule has 2 atom stereocenters. The molecule has 1 aliphatic carbocycles. The molecular formula is C26H37N5. The Labute approximate surface area is 187 Å². The molecule has 1 saturated heterocycles. The van der Waals surface area contributed by atoms with Crippen molar-refractivity contribution >= 4 is 5.69 Å². The van der Waals surface area contributed by atoms with Crippen LogP contribution in [0.15, 0.2) is 36.5 Å². The fourth-order valence-electron chi connectivity index (χ4n) is 5.79. The summed E-state index contributed by atoms with van der Waals surface area (Å²) in [7, 11) is 0. The molecular weight excluding hydrogens is 382 g/mol. The number of fused-ring (bicyclic) bond motifs is 2. The molecule has 1 unspecified atom stereocenters. The van der Waals surface area contributed by atoms with Gasteiger partial charge < -0.3 is 15.5 Å². The molecule has 5 heteroatoms. The first-order valence-corrected chi connectivity index (χ1v) is 12.2. The fourth-order valence-corrected chi connectivity index (χ4v) is 5.79. The third-order valence-corrected chi connectivity index (χ3v) is 7.40. The van der Waals surface area contributed by atoms with E-state index in [1.54, 1.807) is 5.56 Å². The summed E-state index contributed by atoms with van der Waals surface area (Å²) in [5.41, 5.74) is 7.28. The van der Waals surface area contributed by atoms with E-state index in [2.05, 4.69) is 64.6 Å². The average molecular weight is 420 g/mol. The highest BCUT2D eigenvalue weighted by atomic mass is 15.2. The molecule has 166 valence electrons. The smallest absolute Gasteiger partial charge is 0.0607 e. The molecule has 0 bridgehead atoms. The number of pyridine rings is 1. The summed E-state index contributed by atoms with van der Waals surface area (Å²) in [5.74, 6) is 0. The van der Waals surface area contributed by atoms with E-state index in [-0.39, 0.29) is 0 Å². The van der Waals surface area contributed by atoms with Crippen LogP contribution in [0.3, 0.4) is 0 Å². The van der Waals surface area contributed by atoms with Crippen molar-refractivity contribution in [2.45, 2.75) is 64.2 Å². The molecule has 2 aromatic rings. The molecule has 0 amide bonds. The summed E-state index contributed by atoms with van der Waals surface area (Å²) in [4.78, 5) is 10.1. The first kappa shape index (κ1) is 20.9. The van der Waals surface area contributed by atoms with Gasteiger partial charge in [0, 0.05) is 63.2 Å². The molecule has 0 saturated carbocycles. The molecule has 1 fully saturated rings. The van der Waals surface area contributed by atoms with Gasteiger partial charge in [-0.25, -0.2) is 0 Å². The Morgan fingerprint density at radius 1 is 1.13 bits per heavy atom. The van der Waals surface area contributed by atoms with Gasteiger partial charge in [-0.2, -0.15) is 0 Å². The molecule has 1 aromatic carbocycles. The summed E-state index contributed by atoms with van der Waals surface area (Å²) >= 11 is 0. The van der Waals surface area contributed by atoms with E-state index in [0.717, 1.165) is 45.7 Å². The molecule has 31 heavy (non-hydrogen) atoms. The van der Waals surface area contributed by atoms with Gasteiger partial charge >= 0.3 is 0 Å². The number of benzene rings is 1. The Balaban J connectivity index is 1.36. The van der Waals surface area contributed by atoms with E-state index in [1.807, 2.05) is 6.20 Å². The molecule has 5 rings (SSSR count). The standard InChI is InChI=1S/C26H37N5/c1-19(2)31(25-10-3-6-20-8-5-11-28-26(20)25)18-22-16-23-21(17-29-22)7-4-9-24(23)30-14-12-27-13-15-30/h4-5,7-9,11,19,22,25,27,29H,3,6,10,12-18H2,1-2H3/t22-,25?/m1/s1. The van der Waals surface area contributed by atoms with Gasteiger partial charge in [0.05, 0.1) is 11.7 Å². The lowest BCUT2D eigenvalue weighted by atomic mass is 9.88. The van der Waals surface area contributed by atoms with Gasteiger partial charge in [-0.05, 0) is 68.4 Å². The predicted octanol–water partition coefficient (Wildman–Crippen LogP) is 3.29. The van der Waals surface area contributed by atoms with E-state index < -0.39 is 0 Å². The van der Waals surface area contributed by atoms with E-state index >= 15 is 0 Å². The highest BCUT2D eigenvalue weighted by Gasteiger charge is 2.32. The van der Waals surface area contributed by atoms with Crippen LogP contribution in [0.25, 0.3) is 0 Å². The van der Waals surface area contributed by atoms with E-state index in [1.165, 1.54) is 41.8 Å². The maximum absolute atomic E-state index is 4.83. The van der Waals surface area contributed by atoms with Crippen molar-refractivity contribution in [1.82, 2.24) is 20.5 Å². The minimum Gasteiger partial charge on any atom is -0.369 e. The highest BCUT2D eigenvalue weighted by molar-refractivity contribution is 5.58. The summed E-state index contributed by atoms with van der Waals surface area (Å²) in [5, 5.41) is 7.35. The van der Waals surface area contributed by atoms with Crippen molar-refractivity contribution < 1.29 is 0 Å². The van der Waals surface area contributed by atoms with Gasteiger partial charge in [0.2, 0.25) is 0 Å². The average Bonchev–Trinajstić information content (AvgIpc) is 2.82. The van der Waals surface area contributed by atoms with Gasteiger partial charge in [-0.1, -0.05) is 18.2 Å². The molecule has 0 radical (unpaired) electrons. The Bertz CT molecular complexity index is 889. The summed E-state index contributed by atoms with van der Waals surface area (Å²) in [6, 6.07) is 12.7. The maximum atomic E-state index is 4.83. The van der Waals surface area contributed by atoms with Gasteiger partial charge in [-0.15, -0.1) is 0 Å². The SMILES string of the molecule is CC(C)N(C[C@H]1Cc2c(cccc2N2CCNCC2)CN1)C1CCCc2cccnc21. The minimum atomic E-state index is 0.441. The number of anilines is 1. The monoisotopic (exact) mass is 419 g/mol. The Hall–Kier alpha value is -1.95. The van der Waals surface area contributed by atoms with Crippen molar-refractivity contribution in [3.05, 3.63) is 58.9 Å². The van der Waals surface area contributed by atoms with Crippen LogP contribution in [0.4, 0.5) is 5.69 Å². The second-order valence-corrected chi connectivity index (χ2v) is 9.68. The summed E-state index contributed by atoms with van der Waals surface area (Å²) < 4.78 is 0. The van der Waals surface area contributed by atoms with Gasteiger partial charge in [0.1, 0.15) is 0 Å². The highest BCUT2D eigenvalue weighted by Crippen LogP contribution is 2.35. The second kappa shape index (κ2) is 9.27. The van der Waals surface area contributed by atoms with Crippen LogP contribution in [-0.2, 0) is 19.4 Å². The number of hydrogen-bond acceptors (Lipinski definition) is 5. The number of piperazine rings is 1. The zero-order valence-electron chi connectivity index (χ0n) is 19.1. The lowest BCUT2D eigenvalue weighted by Gasteiger charge is -2.41. The van der Waals surface area contributed by atoms with Gasteiger partial charge in [-0.3, -0.25) is 9.88 Å². The normalized spacial score (nSPS) is 23.7. The number of rotatable bonds is 5. The molecule has 3 heterocycles. The number of aryl methyl sites for hydroxylation is 1. The summed E-state index contributed by atoms with van der Waals surface area (Å²) in [6.07, 6.45) is 6.75. The van der Waals surface area contributed by atoms with Gasteiger partial charge in [0.15, 0.2) is 0 Å². The largest absolute Gasteiger partial charge is 0.369 e. The maximum Gasteiger partial charge on any atom is 0.0607 e. The molecule has 3 aliphatic rings. The van der Waals surface area contributed by atoms with Crippen molar-refractivity contribution in [3.8, 4) is 0 Å². The topological polar surface area (TPSA) is 43.4 Å². The van der Waals surface area contributed by atoms with Crippen LogP contribution in [-0.4, -0.2) is 54.7 Å². The first-order valence-electron chi connectivity index (χ1n) is 12.2. The van der Waals surface area contributed by atoms with E-state index in [0.29, 0.717) is 18.1 Å². The lowest BCUT2D eigenvalue weighted by molar-refractivity contribution is 0.117. The zero-order valence-corrected chi connectivity index (χ0v) is 19.1. The number of aromatic nitrogens is 1. The van der Waals surface area contributed by atoms with Crippen LogP contribution in [0.2, 0.25) is 0 Å². The van der Waals surface area contributed by atoms with Crippen LogP contribution >= 0.6 is 0 Å². The summed E-state index contributed by atoms with van der Waals surface area (Å²) in [6.45, 7) is 11.1. The van der Waals surface area contributed by atoms with Crippen molar-refractivity contribution in [3.63, 3.8) is 0 Å². The second-order valence-electron chi connectivity index (χ2n) is 9.68. The number of hydrogen-bond donors (Lipinski definition) is 2. The number of nitrogens with zero attached hydrogens (tertiary/aromatic N) is 3. The molecule has 2 N–H and O–H groups in total. The molecule has 2 aliphatic heterocycles. The fraction of sp³-hybridized carbons (Fsp3) is 0.577. The van der Waals surface area contributed by atoms with Crippen molar-refractivity contribution in [2.75, 3.05) is 37.6 Å². The van der Waals surface area contributed by atoms with Crippen LogP contribution in [0, 0.1) is 0 Å². The minimum absolute atomic E-state index is 0.441. The third kappa shape index (κ3) is 4.36. The van der Waals surface area contributed by atoms with Crippen LogP contribution in [0.5, 0.6) is 0 Å². The molecule has 5 nitrogen and oxygen atoms in total. The van der Waals surface area contributed by atoms with Crippen molar-refractivity contribution in [1.29, 1.82) is 0 Å². The quantitative estimate of drug-likeness (QED) is 0.779. The zero-order chi connectivity index (χ0) is 21.2. The molecule has 0 spiro atoms. The molecule has 1 aromatic heterocycles. The Kier molecular flexibility index (Phi) is 6.26. The van der Waals surface area contributed by atoms with Crippen molar-refractivity contribution in [2.24, 2.45) is 0 Å². The predicted molar refractivity (Wildman–Crippen MR) is 128 cm³/mol. The Morgan fingerprint density at radius 3 is 2.81 bits per heavy atom. The van der Waals surface area contributed by atoms with Gasteiger partial charge in [0.25, 0.3) is 0 Å². The van der Waals surface area contributed by atoms with Crippen LogP contribution < -0.4 is 15.5 Å². The number of nitrogens with one attached hydrogen (secondary N) is 2. The van der Waals surface area contributed by atoms with E-state index in [9.17, 15) is 0 Å². The van der Waals surface area contributed by atoms with E-state index in [4.69, 9.17) is 4.98 Å². The third-order valence-electron chi connectivity index (χ3n) is 7.40. The first-order chi connectivity index (χ1) is 15.2. The Morgan fingerprint density at radius 2 is 1.97 bits per heavy atom.